The summed E-state index contributed by atoms with van der Waals surface area (Å²) in [6.45, 7) is 5.13. The molecule has 0 radical (unpaired) electrons. The number of likely N-dealkylation sites (tertiary alicyclic amines) is 1. The number of nitrogens with zero attached hydrogens (tertiary/aromatic N) is 3. The highest BCUT2D eigenvalue weighted by Crippen LogP contribution is 2.36. The lowest BCUT2D eigenvalue weighted by Gasteiger charge is -2.27. The zero-order valence-corrected chi connectivity index (χ0v) is 14.3. The monoisotopic (exact) mass is 335 g/mol. The van der Waals surface area contributed by atoms with Gasteiger partial charge in [0, 0.05) is 36.5 Å². The molecule has 6 heteroatoms. The molecule has 1 N–H and O–H groups in total. The molecule has 0 aliphatic carbocycles. The summed E-state index contributed by atoms with van der Waals surface area (Å²) in [7, 11) is 1.92. The van der Waals surface area contributed by atoms with Gasteiger partial charge in [0.25, 0.3) is 0 Å². The molecule has 0 bridgehead atoms. The molecule has 1 aromatic heterocycles. The van der Waals surface area contributed by atoms with E-state index in [0.717, 1.165) is 49.0 Å². The molecule has 4 nitrogen and oxygen atoms in total. The van der Waals surface area contributed by atoms with Gasteiger partial charge in [-0.2, -0.15) is 5.10 Å². The third-order valence-electron chi connectivity index (χ3n) is 4.99. The SMILES string of the molecule is Cc1nn(C)c(C)c1[C@H]1CCCN1C[C@H](O)c1cc(F)ccc1F. The third kappa shape index (κ3) is 3.08. The minimum atomic E-state index is -1.06. The largest absolute Gasteiger partial charge is 0.387 e. The number of hydrogen-bond donors (Lipinski definition) is 1. The van der Waals surface area contributed by atoms with Crippen LogP contribution in [0.4, 0.5) is 8.78 Å². The molecule has 0 unspecified atom stereocenters. The predicted octanol–water partition coefficient (Wildman–Crippen LogP) is 3.19. The van der Waals surface area contributed by atoms with Crippen molar-refractivity contribution in [1.29, 1.82) is 0 Å². The molecular weight excluding hydrogens is 312 g/mol. The second-order valence-electron chi connectivity index (χ2n) is 6.54. The first-order chi connectivity index (χ1) is 11.4. The average Bonchev–Trinajstić information content (AvgIpc) is 3.06. The molecule has 1 aliphatic rings. The molecular formula is C18H23F2N3O. The van der Waals surface area contributed by atoms with E-state index in [-0.39, 0.29) is 18.2 Å². The maximum Gasteiger partial charge on any atom is 0.129 e. The molecule has 0 spiro atoms. The van der Waals surface area contributed by atoms with E-state index in [4.69, 9.17) is 0 Å². The van der Waals surface area contributed by atoms with Gasteiger partial charge in [-0.1, -0.05) is 0 Å². The number of aryl methyl sites for hydroxylation is 2. The second kappa shape index (κ2) is 6.61. The first kappa shape index (κ1) is 17.0. The van der Waals surface area contributed by atoms with Crippen LogP contribution in [-0.4, -0.2) is 32.9 Å². The van der Waals surface area contributed by atoms with Crippen LogP contribution in [0.15, 0.2) is 18.2 Å². The summed E-state index contributed by atoms with van der Waals surface area (Å²) in [5, 5.41) is 14.9. The van der Waals surface area contributed by atoms with Crippen LogP contribution in [0.25, 0.3) is 0 Å². The molecule has 0 saturated carbocycles. The minimum absolute atomic E-state index is 0.0141. The van der Waals surface area contributed by atoms with Crippen molar-refractivity contribution in [3.63, 3.8) is 0 Å². The molecule has 1 saturated heterocycles. The van der Waals surface area contributed by atoms with E-state index in [0.29, 0.717) is 0 Å². The van der Waals surface area contributed by atoms with E-state index in [9.17, 15) is 13.9 Å². The van der Waals surface area contributed by atoms with Gasteiger partial charge in [0.1, 0.15) is 11.6 Å². The fraction of sp³-hybridized carbons (Fsp3) is 0.500. The van der Waals surface area contributed by atoms with Gasteiger partial charge in [0.05, 0.1) is 11.8 Å². The van der Waals surface area contributed by atoms with Gasteiger partial charge in [-0.3, -0.25) is 9.58 Å². The third-order valence-corrected chi connectivity index (χ3v) is 4.99. The number of rotatable bonds is 4. The number of aliphatic hydroxyl groups excluding tert-OH is 1. The van der Waals surface area contributed by atoms with Crippen LogP contribution in [0.3, 0.4) is 0 Å². The predicted molar refractivity (Wildman–Crippen MR) is 87.5 cm³/mol. The van der Waals surface area contributed by atoms with Crippen molar-refractivity contribution >= 4 is 0 Å². The summed E-state index contributed by atoms with van der Waals surface area (Å²) < 4.78 is 29.1. The Kier molecular flexibility index (Phi) is 4.69. The standard InChI is InChI=1S/C18H23F2N3O/c1-11-18(12(2)22(3)21-11)16-5-4-8-23(16)10-17(24)14-9-13(19)6-7-15(14)20/h6-7,9,16-17,24H,4-5,8,10H2,1-3H3/t16-,17+/m1/s1. The molecule has 2 aromatic rings. The number of hydrogen-bond acceptors (Lipinski definition) is 3. The summed E-state index contributed by atoms with van der Waals surface area (Å²) in [6, 6.07) is 3.35. The molecule has 1 aromatic carbocycles. The second-order valence-corrected chi connectivity index (χ2v) is 6.54. The van der Waals surface area contributed by atoms with Crippen molar-refractivity contribution in [2.24, 2.45) is 7.05 Å². The van der Waals surface area contributed by atoms with E-state index in [1.54, 1.807) is 0 Å². The lowest BCUT2D eigenvalue weighted by atomic mass is 10.0. The van der Waals surface area contributed by atoms with Crippen LogP contribution in [0.5, 0.6) is 0 Å². The molecule has 130 valence electrons. The van der Waals surface area contributed by atoms with Gasteiger partial charge >= 0.3 is 0 Å². The number of aromatic nitrogens is 2. The summed E-state index contributed by atoms with van der Waals surface area (Å²) in [5.41, 5.74) is 3.29. The molecule has 3 rings (SSSR count). The van der Waals surface area contributed by atoms with E-state index in [2.05, 4.69) is 10.00 Å². The zero-order chi connectivity index (χ0) is 17.4. The van der Waals surface area contributed by atoms with Gasteiger partial charge in [-0.15, -0.1) is 0 Å². The summed E-state index contributed by atoms with van der Waals surface area (Å²) in [4.78, 5) is 2.14. The quantitative estimate of drug-likeness (QED) is 0.933. The Labute approximate surface area is 140 Å². The fourth-order valence-corrected chi connectivity index (χ4v) is 3.73. The fourth-order valence-electron chi connectivity index (χ4n) is 3.73. The molecule has 2 heterocycles. The maximum absolute atomic E-state index is 13.9. The smallest absolute Gasteiger partial charge is 0.129 e. The van der Waals surface area contributed by atoms with Gasteiger partial charge in [0.2, 0.25) is 0 Å². The highest BCUT2D eigenvalue weighted by Gasteiger charge is 2.32. The molecule has 1 fully saturated rings. The van der Waals surface area contributed by atoms with Crippen LogP contribution in [0, 0.1) is 25.5 Å². The topological polar surface area (TPSA) is 41.3 Å². The normalized spacial score (nSPS) is 19.8. The number of halogens is 2. The summed E-state index contributed by atoms with van der Waals surface area (Å²) in [5.74, 6) is -1.12. The number of aliphatic hydroxyl groups is 1. The van der Waals surface area contributed by atoms with Crippen LogP contribution in [0.2, 0.25) is 0 Å². The molecule has 24 heavy (non-hydrogen) atoms. The minimum Gasteiger partial charge on any atom is -0.387 e. The van der Waals surface area contributed by atoms with Crippen molar-refractivity contribution in [1.82, 2.24) is 14.7 Å². The van der Waals surface area contributed by atoms with Gasteiger partial charge in [-0.05, 0) is 51.4 Å². The summed E-state index contributed by atoms with van der Waals surface area (Å²) >= 11 is 0. The average molecular weight is 335 g/mol. The van der Waals surface area contributed by atoms with Crippen molar-refractivity contribution in [2.45, 2.75) is 38.8 Å². The van der Waals surface area contributed by atoms with Crippen molar-refractivity contribution < 1.29 is 13.9 Å². The van der Waals surface area contributed by atoms with E-state index in [1.165, 1.54) is 5.56 Å². The number of β-amino-alcohol motifs (C(OH)–C–C–N with tert-alkyl or cyclic N) is 1. The number of benzene rings is 1. The molecule has 1 aliphatic heterocycles. The van der Waals surface area contributed by atoms with E-state index in [1.807, 2.05) is 25.6 Å². The highest BCUT2D eigenvalue weighted by molar-refractivity contribution is 5.29. The lowest BCUT2D eigenvalue weighted by Crippen LogP contribution is -2.29. The summed E-state index contributed by atoms with van der Waals surface area (Å²) in [6.07, 6.45) is 0.932. The highest BCUT2D eigenvalue weighted by atomic mass is 19.1. The van der Waals surface area contributed by atoms with E-state index < -0.39 is 17.7 Å². The Balaban J connectivity index is 1.82. The van der Waals surface area contributed by atoms with E-state index >= 15 is 0 Å². The Bertz CT molecular complexity index is 744. The molecule has 0 amide bonds. The van der Waals surface area contributed by atoms with Gasteiger partial charge < -0.3 is 5.11 Å². The first-order valence-corrected chi connectivity index (χ1v) is 8.25. The molecule has 2 atom stereocenters. The Morgan fingerprint density at radius 1 is 1.33 bits per heavy atom. The van der Waals surface area contributed by atoms with Gasteiger partial charge in [0.15, 0.2) is 0 Å². The Morgan fingerprint density at radius 3 is 2.75 bits per heavy atom. The van der Waals surface area contributed by atoms with Crippen LogP contribution in [0.1, 0.15) is 47.5 Å². The van der Waals surface area contributed by atoms with Crippen molar-refractivity contribution in [2.75, 3.05) is 13.1 Å². The van der Waals surface area contributed by atoms with Crippen molar-refractivity contribution in [3.8, 4) is 0 Å². The van der Waals surface area contributed by atoms with Crippen LogP contribution in [-0.2, 0) is 7.05 Å². The Morgan fingerprint density at radius 2 is 2.08 bits per heavy atom. The maximum atomic E-state index is 13.9. The van der Waals surface area contributed by atoms with Crippen LogP contribution >= 0.6 is 0 Å². The van der Waals surface area contributed by atoms with Crippen molar-refractivity contribution in [3.05, 3.63) is 52.3 Å². The first-order valence-electron chi connectivity index (χ1n) is 8.25. The van der Waals surface area contributed by atoms with Crippen LogP contribution < -0.4 is 0 Å². The zero-order valence-electron chi connectivity index (χ0n) is 14.3. The Hall–Kier alpha value is -1.79. The lowest BCUT2D eigenvalue weighted by molar-refractivity contribution is 0.103. The van der Waals surface area contributed by atoms with Gasteiger partial charge in [-0.25, -0.2) is 8.78 Å².